The number of hydrogen-bond acceptors (Lipinski definition) is 5. The van der Waals surface area contributed by atoms with Crippen molar-refractivity contribution in [2.45, 2.75) is 64.8 Å². The fourth-order valence-corrected chi connectivity index (χ4v) is 5.07. The standard InChI is InChI=1S/C33H38N2O6/c1-21(40-19-22-12-6-5-7-13-22)30(31(38)34-28(18-29(36)37)33(2,3)4)35-32(39)41-20-27-25-16-10-8-14-23(25)24-15-9-11-17-26(24)27/h5-17,21,27-28,30H,18-20H2,1-4H3,(H,34,38)(H,35,39)(H,36,37)/t21-,28?,30+/m0/s1. The van der Waals surface area contributed by atoms with Crippen molar-refractivity contribution in [3.8, 4) is 11.1 Å². The van der Waals surface area contributed by atoms with Crippen LogP contribution in [0.4, 0.5) is 4.79 Å². The number of carboxylic acid groups (broad SMARTS) is 1. The number of fused-ring (bicyclic) bond motifs is 3. The number of aliphatic carboxylic acids is 1. The van der Waals surface area contributed by atoms with Crippen LogP contribution in [0.5, 0.6) is 0 Å². The van der Waals surface area contributed by atoms with Gasteiger partial charge in [-0.15, -0.1) is 0 Å². The molecule has 3 N–H and O–H groups in total. The summed E-state index contributed by atoms with van der Waals surface area (Å²) in [6.07, 6.45) is -1.75. The van der Waals surface area contributed by atoms with Crippen LogP contribution < -0.4 is 10.6 Å². The lowest BCUT2D eigenvalue weighted by Gasteiger charge is -2.33. The number of nitrogens with one attached hydrogen (secondary N) is 2. The van der Waals surface area contributed by atoms with Crippen molar-refractivity contribution in [2.24, 2.45) is 5.41 Å². The molecule has 216 valence electrons. The lowest BCUT2D eigenvalue weighted by Crippen LogP contribution is -2.57. The van der Waals surface area contributed by atoms with Crippen molar-refractivity contribution in [3.05, 3.63) is 95.6 Å². The van der Waals surface area contributed by atoms with Gasteiger partial charge in [0.25, 0.3) is 0 Å². The van der Waals surface area contributed by atoms with Crippen molar-refractivity contribution in [3.63, 3.8) is 0 Å². The summed E-state index contributed by atoms with van der Waals surface area (Å²) in [5, 5.41) is 14.9. The fraction of sp³-hybridized carbons (Fsp3) is 0.364. The van der Waals surface area contributed by atoms with Crippen molar-refractivity contribution in [1.29, 1.82) is 0 Å². The van der Waals surface area contributed by atoms with E-state index in [2.05, 4.69) is 22.8 Å². The molecule has 3 aromatic rings. The summed E-state index contributed by atoms with van der Waals surface area (Å²) >= 11 is 0. The van der Waals surface area contributed by atoms with Gasteiger partial charge in [-0.3, -0.25) is 9.59 Å². The first-order chi connectivity index (χ1) is 19.5. The van der Waals surface area contributed by atoms with E-state index in [9.17, 15) is 19.5 Å². The summed E-state index contributed by atoms with van der Waals surface area (Å²) in [7, 11) is 0. The molecule has 0 saturated heterocycles. The first-order valence-electron chi connectivity index (χ1n) is 13.8. The molecule has 41 heavy (non-hydrogen) atoms. The van der Waals surface area contributed by atoms with E-state index in [-0.39, 0.29) is 25.6 Å². The number of amides is 2. The molecular formula is C33H38N2O6. The highest BCUT2D eigenvalue weighted by atomic mass is 16.5. The SMILES string of the molecule is C[C@H](OCc1ccccc1)[C@@H](NC(=O)OCC1c2ccccc2-c2ccccc21)C(=O)NC(CC(=O)O)C(C)(C)C. The minimum Gasteiger partial charge on any atom is -0.481 e. The Labute approximate surface area is 241 Å². The van der Waals surface area contributed by atoms with Gasteiger partial charge in [0.15, 0.2) is 0 Å². The Kier molecular flexibility index (Phi) is 9.45. The van der Waals surface area contributed by atoms with Crippen LogP contribution in [0, 0.1) is 5.41 Å². The Morgan fingerprint density at radius 3 is 1.98 bits per heavy atom. The van der Waals surface area contributed by atoms with E-state index in [0.717, 1.165) is 27.8 Å². The molecule has 0 radical (unpaired) electrons. The largest absolute Gasteiger partial charge is 0.481 e. The van der Waals surface area contributed by atoms with E-state index < -0.39 is 41.6 Å². The minimum atomic E-state index is -1.12. The average molecular weight is 559 g/mol. The van der Waals surface area contributed by atoms with E-state index in [1.54, 1.807) is 6.92 Å². The number of hydrogen-bond donors (Lipinski definition) is 3. The van der Waals surface area contributed by atoms with Crippen molar-refractivity contribution >= 4 is 18.0 Å². The molecule has 0 fully saturated rings. The Morgan fingerprint density at radius 2 is 1.41 bits per heavy atom. The second-order valence-corrected chi connectivity index (χ2v) is 11.5. The highest BCUT2D eigenvalue weighted by molar-refractivity contribution is 5.87. The van der Waals surface area contributed by atoms with Crippen LogP contribution in [-0.4, -0.2) is 47.9 Å². The summed E-state index contributed by atoms with van der Waals surface area (Å²) in [5.41, 5.74) is 4.77. The van der Waals surface area contributed by atoms with E-state index in [4.69, 9.17) is 9.47 Å². The number of carbonyl (C=O) groups excluding carboxylic acids is 2. The number of carbonyl (C=O) groups is 3. The normalized spacial score (nSPS) is 14.7. The van der Waals surface area contributed by atoms with Crippen molar-refractivity contribution in [2.75, 3.05) is 6.61 Å². The molecule has 0 saturated carbocycles. The number of ether oxygens (including phenoxy) is 2. The van der Waals surface area contributed by atoms with Crippen LogP contribution >= 0.6 is 0 Å². The Balaban J connectivity index is 1.48. The summed E-state index contributed by atoms with van der Waals surface area (Å²) in [5.74, 6) is -1.70. The van der Waals surface area contributed by atoms with Gasteiger partial charge in [0.05, 0.1) is 19.1 Å². The predicted octanol–water partition coefficient (Wildman–Crippen LogP) is 5.50. The van der Waals surface area contributed by atoms with E-state index in [0.29, 0.717) is 0 Å². The molecule has 1 unspecified atom stereocenters. The molecule has 0 heterocycles. The van der Waals surface area contributed by atoms with Crippen LogP contribution in [0.1, 0.15) is 56.7 Å². The van der Waals surface area contributed by atoms with Gasteiger partial charge in [-0.1, -0.05) is 99.6 Å². The first kappa shape index (κ1) is 29.8. The predicted molar refractivity (Wildman–Crippen MR) is 156 cm³/mol. The van der Waals surface area contributed by atoms with Crippen LogP contribution in [0.25, 0.3) is 11.1 Å². The maximum atomic E-state index is 13.5. The quantitative estimate of drug-likeness (QED) is 0.286. The molecule has 1 aliphatic carbocycles. The molecular weight excluding hydrogens is 520 g/mol. The zero-order valence-electron chi connectivity index (χ0n) is 23.9. The van der Waals surface area contributed by atoms with Crippen molar-refractivity contribution in [1.82, 2.24) is 10.6 Å². The molecule has 3 atom stereocenters. The summed E-state index contributed by atoms with van der Waals surface area (Å²) in [4.78, 5) is 38.1. The third kappa shape index (κ3) is 7.52. The zero-order valence-corrected chi connectivity index (χ0v) is 23.9. The zero-order chi connectivity index (χ0) is 29.6. The van der Waals surface area contributed by atoms with Crippen molar-refractivity contribution < 1.29 is 29.0 Å². The summed E-state index contributed by atoms with van der Waals surface area (Å²) < 4.78 is 11.7. The number of rotatable bonds is 11. The summed E-state index contributed by atoms with van der Waals surface area (Å²) in [6, 6.07) is 23.8. The minimum absolute atomic E-state index is 0.0943. The number of benzene rings is 3. The second-order valence-electron chi connectivity index (χ2n) is 11.5. The van der Waals surface area contributed by atoms with Gasteiger partial charge in [-0.05, 0) is 40.2 Å². The Hall–Kier alpha value is -4.17. The van der Waals surface area contributed by atoms with Gasteiger partial charge in [0.1, 0.15) is 12.6 Å². The lowest BCUT2D eigenvalue weighted by molar-refractivity contribution is -0.139. The van der Waals surface area contributed by atoms with Gasteiger partial charge >= 0.3 is 12.1 Å². The van der Waals surface area contributed by atoms with Gasteiger partial charge in [0.2, 0.25) is 5.91 Å². The highest BCUT2D eigenvalue weighted by Crippen LogP contribution is 2.44. The molecule has 2 amide bonds. The molecule has 8 heteroatoms. The maximum absolute atomic E-state index is 13.5. The average Bonchev–Trinajstić information content (AvgIpc) is 3.26. The molecule has 1 aliphatic rings. The van der Waals surface area contributed by atoms with Gasteiger partial charge in [-0.25, -0.2) is 4.79 Å². The third-order valence-electron chi connectivity index (χ3n) is 7.47. The molecule has 0 spiro atoms. The second kappa shape index (κ2) is 13.0. The lowest BCUT2D eigenvalue weighted by atomic mass is 9.84. The van der Waals surface area contributed by atoms with Crippen LogP contribution in [0.2, 0.25) is 0 Å². The van der Waals surface area contributed by atoms with E-state index in [1.165, 1.54) is 0 Å². The molecule has 8 nitrogen and oxygen atoms in total. The smallest absolute Gasteiger partial charge is 0.407 e. The van der Waals surface area contributed by atoms with Crippen LogP contribution in [-0.2, 0) is 25.7 Å². The number of carboxylic acids is 1. The van der Waals surface area contributed by atoms with E-state index >= 15 is 0 Å². The highest BCUT2D eigenvalue weighted by Gasteiger charge is 2.35. The molecule has 0 aromatic heterocycles. The Bertz CT molecular complexity index is 1320. The number of alkyl carbamates (subject to hydrolysis) is 1. The molecule has 0 bridgehead atoms. The topological polar surface area (TPSA) is 114 Å². The third-order valence-corrected chi connectivity index (χ3v) is 7.47. The Morgan fingerprint density at radius 1 is 0.854 bits per heavy atom. The molecule has 3 aromatic carbocycles. The first-order valence-corrected chi connectivity index (χ1v) is 13.8. The van der Waals surface area contributed by atoms with Gasteiger partial charge in [0, 0.05) is 12.0 Å². The monoisotopic (exact) mass is 558 g/mol. The van der Waals surface area contributed by atoms with Crippen LogP contribution in [0.15, 0.2) is 78.9 Å². The molecule has 0 aliphatic heterocycles. The molecule has 4 rings (SSSR count). The fourth-order valence-electron chi connectivity index (χ4n) is 5.07. The van der Waals surface area contributed by atoms with Crippen LogP contribution in [0.3, 0.4) is 0 Å². The summed E-state index contributed by atoms with van der Waals surface area (Å²) in [6.45, 7) is 7.58. The maximum Gasteiger partial charge on any atom is 0.407 e. The van der Waals surface area contributed by atoms with E-state index in [1.807, 2.05) is 87.5 Å². The van der Waals surface area contributed by atoms with Gasteiger partial charge in [-0.2, -0.15) is 0 Å². The van der Waals surface area contributed by atoms with Gasteiger partial charge < -0.3 is 25.2 Å².